The fourth-order valence-corrected chi connectivity index (χ4v) is 8.82. The van der Waals surface area contributed by atoms with Crippen molar-refractivity contribution in [2.75, 3.05) is 4.90 Å². The molecule has 0 spiro atoms. The van der Waals surface area contributed by atoms with Gasteiger partial charge in [-0.3, -0.25) is 0 Å². The van der Waals surface area contributed by atoms with Crippen LogP contribution < -0.4 is 4.90 Å². The number of rotatable bonds is 4. The Morgan fingerprint density at radius 2 is 0.854 bits per heavy atom. The van der Waals surface area contributed by atoms with Crippen molar-refractivity contribution in [1.82, 2.24) is 0 Å². The largest absolute Gasteiger partial charge is 0.309 e. The van der Waals surface area contributed by atoms with Gasteiger partial charge in [-0.05, 0) is 74.5 Å². The average Bonchev–Trinajstić information content (AvgIpc) is 3.53. The lowest BCUT2D eigenvalue weighted by Crippen LogP contribution is -2.11. The number of nitrogens with zero attached hydrogens (tertiary/aromatic N) is 1. The second kappa shape index (κ2) is 10.8. The van der Waals surface area contributed by atoms with E-state index in [1.54, 1.807) is 0 Å². The third-order valence-corrected chi connectivity index (χ3v) is 11.0. The van der Waals surface area contributed by atoms with Crippen LogP contribution in [0.25, 0.3) is 74.4 Å². The van der Waals surface area contributed by atoms with Crippen LogP contribution in [0.1, 0.15) is 0 Å². The molecular formula is C46H29NS. The van der Waals surface area contributed by atoms with E-state index in [4.69, 9.17) is 0 Å². The predicted octanol–water partition coefficient (Wildman–Crippen LogP) is 13.8. The lowest BCUT2D eigenvalue weighted by atomic mass is 9.92. The molecule has 1 aromatic heterocycles. The first-order chi connectivity index (χ1) is 23.8. The molecule has 48 heavy (non-hydrogen) atoms. The standard InChI is InChI=1S/C46H29NS/c1-4-18-34-30(12-1)15-9-23-37(34)40-29-42-41-28-33(26-27-45(41)48-46(42)39-22-8-7-21-38(39)40)47(43-24-10-16-31-13-2-5-19-35(31)43)44-25-11-17-32-14-3-6-20-36(32)44/h1-29H. The summed E-state index contributed by atoms with van der Waals surface area (Å²) in [6.45, 7) is 0. The highest BCUT2D eigenvalue weighted by molar-refractivity contribution is 7.26. The van der Waals surface area contributed by atoms with Gasteiger partial charge in [0.15, 0.2) is 0 Å². The van der Waals surface area contributed by atoms with Gasteiger partial charge in [0.05, 0.1) is 11.4 Å². The summed E-state index contributed by atoms with van der Waals surface area (Å²) in [5.41, 5.74) is 6.04. The van der Waals surface area contributed by atoms with E-state index < -0.39 is 0 Å². The van der Waals surface area contributed by atoms with E-state index in [9.17, 15) is 0 Å². The fraction of sp³-hybridized carbons (Fsp3) is 0. The summed E-state index contributed by atoms with van der Waals surface area (Å²) in [7, 11) is 0. The zero-order valence-corrected chi connectivity index (χ0v) is 26.9. The first kappa shape index (κ1) is 27.2. The van der Waals surface area contributed by atoms with Crippen LogP contribution in [0.2, 0.25) is 0 Å². The molecule has 0 N–H and O–H groups in total. The van der Waals surface area contributed by atoms with Crippen molar-refractivity contribution in [3.8, 4) is 11.1 Å². The van der Waals surface area contributed by atoms with Gasteiger partial charge in [0, 0.05) is 42.0 Å². The molecule has 0 amide bonds. The Hall–Kier alpha value is -5.96. The Labute approximate surface area is 282 Å². The van der Waals surface area contributed by atoms with Gasteiger partial charge in [-0.2, -0.15) is 0 Å². The smallest absolute Gasteiger partial charge is 0.0540 e. The van der Waals surface area contributed by atoms with Gasteiger partial charge in [0.1, 0.15) is 0 Å². The number of hydrogen-bond acceptors (Lipinski definition) is 2. The van der Waals surface area contributed by atoms with Crippen molar-refractivity contribution in [2.24, 2.45) is 0 Å². The third kappa shape index (κ3) is 4.17. The quantitative estimate of drug-likeness (QED) is 0.188. The first-order valence-corrected chi connectivity index (χ1v) is 17.3. The SMILES string of the molecule is c1ccc2c(-c3cc4c5cc(N(c6cccc7ccccc67)c6cccc7ccccc67)ccc5sc4c4ccccc34)cccc2c1. The van der Waals surface area contributed by atoms with Gasteiger partial charge in [-0.15, -0.1) is 11.3 Å². The molecule has 10 rings (SSSR count). The van der Waals surface area contributed by atoms with E-state index in [0.29, 0.717) is 0 Å². The minimum absolute atomic E-state index is 1.15. The van der Waals surface area contributed by atoms with Crippen LogP contribution in [0.3, 0.4) is 0 Å². The second-order valence-corrected chi connectivity index (χ2v) is 13.5. The molecule has 9 aromatic carbocycles. The van der Waals surface area contributed by atoms with Crippen LogP contribution in [0.4, 0.5) is 17.1 Å². The average molecular weight is 628 g/mol. The van der Waals surface area contributed by atoms with Crippen LogP contribution in [0, 0.1) is 0 Å². The summed E-state index contributed by atoms with van der Waals surface area (Å²) in [6, 6.07) is 64.5. The van der Waals surface area contributed by atoms with Crippen LogP contribution in [0.15, 0.2) is 176 Å². The molecule has 0 saturated carbocycles. The van der Waals surface area contributed by atoms with Crippen LogP contribution in [-0.4, -0.2) is 0 Å². The van der Waals surface area contributed by atoms with Crippen molar-refractivity contribution in [3.05, 3.63) is 176 Å². The van der Waals surface area contributed by atoms with Gasteiger partial charge in [0.25, 0.3) is 0 Å². The summed E-state index contributed by atoms with van der Waals surface area (Å²) < 4.78 is 2.63. The van der Waals surface area contributed by atoms with Gasteiger partial charge < -0.3 is 4.90 Å². The Kier molecular flexibility index (Phi) is 6.12. The number of fused-ring (bicyclic) bond motifs is 8. The molecule has 0 bridgehead atoms. The Balaban J connectivity index is 1.28. The Morgan fingerprint density at radius 1 is 0.333 bits per heavy atom. The molecule has 2 heteroatoms. The highest BCUT2D eigenvalue weighted by Crippen LogP contribution is 2.47. The molecule has 10 aromatic rings. The van der Waals surface area contributed by atoms with Crippen molar-refractivity contribution in [2.45, 2.75) is 0 Å². The molecular weight excluding hydrogens is 599 g/mol. The molecule has 1 nitrogen and oxygen atoms in total. The zero-order chi connectivity index (χ0) is 31.6. The van der Waals surface area contributed by atoms with Crippen molar-refractivity contribution < 1.29 is 0 Å². The lowest BCUT2D eigenvalue weighted by Gasteiger charge is -2.28. The fourth-order valence-electron chi connectivity index (χ4n) is 7.62. The Bertz CT molecular complexity index is 2770. The van der Waals surface area contributed by atoms with Crippen LogP contribution in [0.5, 0.6) is 0 Å². The van der Waals surface area contributed by atoms with Gasteiger partial charge in [-0.25, -0.2) is 0 Å². The highest BCUT2D eigenvalue weighted by atomic mass is 32.1. The van der Waals surface area contributed by atoms with Crippen LogP contribution >= 0.6 is 11.3 Å². The molecule has 0 aliphatic heterocycles. The monoisotopic (exact) mass is 627 g/mol. The van der Waals surface area contributed by atoms with Crippen molar-refractivity contribution >= 4 is 91.7 Å². The normalized spacial score (nSPS) is 11.8. The van der Waals surface area contributed by atoms with E-state index in [1.165, 1.54) is 85.8 Å². The number of thiophene rings is 1. The molecule has 0 atom stereocenters. The summed E-state index contributed by atoms with van der Waals surface area (Å²) in [5, 5.41) is 12.6. The minimum Gasteiger partial charge on any atom is -0.309 e. The third-order valence-electron chi connectivity index (χ3n) is 9.81. The summed E-state index contributed by atoms with van der Waals surface area (Å²) >= 11 is 1.90. The molecule has 0 fully saturated rings. The Morgan fingerprint density at radius 3 is 1.52 bits per heavy atom. The van der Waals surface area contributed by atoms with Gasteiger partial charge in [0.2, 0.25) is 0 Å². The maximum atomic E-state index is 2.46. The maximum Gasteiger partial charge on any atom is 0.0540 e. The molecule has 1 heterocycles. The molecule has 0 saturated heterocycles. The molecule has 0 unspecified atom stereocenters. The van der Waals surface area contributed by atoms with Gasteiger partial charge >= 0.3 is 0 Å². The van der Waals surface area contributed by atoms with E-state index >= 15 is 0 Å². The van der Waals surface area contributed by atoms with Crippen molar-refractivity contribution in [3.63, 3.8) is 0 Å². The predicted molar refractivity (Wildman–Crippen MR) is 209 cm³/mol. The zero-order valence-electron chi connectivity index (χ0n) is 26.1. The number of benzene rings is 9. The van der Waals surface area contributed by atoms with E-state index in [0.717, 1.165) is 5.69 Å². The summed E-state index contributed by atoms with van der Waals surface area (Å²) in [6.07, 6.45) is 0. The topological polar surface area (TPSA) is 3.24 Å². The minimum atomic E-state index is 1.15. The first-order valence-electron chi connectivity index (χ1n) is 16.4. The lowest BCUT2D eigenvalue weighted by molar-refractivity contribution is 1.32. The van der Waals surface area contributed by atoms with Gasteiger partial charge in [-0.1, -0.05) is 140 Å². The molecule has 224 valence electrons. The van der Waals surface area contributed by atoms with E-state index in [1.807, 2.05) is 11.3 Å². The summed E-state index contributed by atoms with van der Waals surface area (Å²) in [4.78, 5) is 2.46. The van der Waals surface area contributed by atoms with Crippen LogP contribution in [-0.2, 0) is 0 Å². The highest BCUT2D eigenvalue weighted by Gasteiger charge is 2.20. The van der Waals surface area contributed by atoms with E-state index in [2.05, 4.69) is 181 Å². The molecule has 0 aliphatic rings. The number of anilines is 3. The number of hydrogen-bond donors (Lipinski definition) is 0. The summed E-state index contributed by atoms with van der Waals surface area (Å²) in [5.74, 6) is 0. The molecule has 0 aliphatic carbocycles. The maximum absolute atomic E-state index is 2.46. The van der Waals surface area contributed by atoms with E-state index in [-0.39, 0.29) is 0 Å². The second-order valence-electron chi connectivity index (χ2n) is 12.5. The molecule has 0 radical (unpaired) electrons. The van der Waals surface area contributed by atoms with Crippen molar-refractivity contribution in [1.29, 1.82) is 0 Å².